The lowest BCUT2D eigenvalue weighted by molar-refractivity contribution is 0.0949. The van der Waals surface area contributed by atoms with E-state index in [1.165, 1.54) is 6.07 Å². The third-order valence-corrected chi connectivity index (χ3v) is 6.60. The quantitative estimate of drug-likeness (QED) is 0.589. The Morgan fingerprint density at radius 2 is 1.82 bits per heavy atom. The summed E-state index contributed by atoms with van der Waals surface area (Å²) in [5, 5.41) is 2.85. The van der Waals surface area contributed by atoms with Gasteiger partial charge >= 0.3 is 0 Å². The highest BCUT2D eigenvalue weighted by Crippen LogP contribution is 2.18. The molecule has 0 unspecified atom stereocenters. The highest BCUT2D eigenvalue weighted by molar-refractivity contribution is 7.91. The van der Waals surface area contributed by atoms with Crippen LogP contribution in [0.2, 0.25) is 0 Å². The molecule has 0 aliphatic carbocycles. The standard InChI is InChI=1S/C21H25N3O3S/c1-3-15-28(26,27)20-12-7-4-9-17(20)21(25)22-13-8-14-24-16(2)23-18-10-5-6-11-19(18)24/h4-7,9-12H,3,8,13-15H2,1-2H3,(H,22,25). The Balaban J connectivity index is 1.65. The van der Waals surface area contributed by atoms with Crippen LogP contribution in [0.1, 0.15) is 35.9 Å². The summed E-state index contributed by atoms with van der Waals surface area (Å²) >= 11 is 0. The second-order valence-corrected chi connectivity index (χ2v) is 8.80. The van der Waals surface area contributed by atoms with E-state index in [9.17, 15) is 13.2 Å². The van der Waals surface area contributed by atoms with Gasteiger partial charge in [0.05, 0.1) is 27.2 Å². The number of rotatable bonds is 8. The van der Waals surface area contributed by atoms with E-state index in [1.807, 2.05) is 38.1 Å². The topological polar surface area (TPSA) is 81.1 Å². The Labute approximate surface area is 165 Å². The maximum Gasteiger partial charge on any atom is 0.252 e. The molecule has 0 spiro atoms. The monoisotopic (exact) mass is 399 g/mol. The van der Waals surface area contributed by atoms with Gasteiger partial charge in [-0.15, -0.1) is 0 Å². The number of amides is 1. The number of nitrogens with zero attached hydrogens (tertiary/aromatic N) is 2. The average molecular weight is 400 g/mol. The minimum Gasteiger partial charge on any atom is -0.352 e. The van der Waals surface area contributed by atoms with E-state index >= 15 is 0 Å². The van der Waals surface area contributed by atoms with Gasteiger partial charge in [0.1, 0.15) is 5.82 Å². The molecule has 1 N–H and O–H groups in total. The fourth-order valence-electron chi connectivity index (χ4n) is 3.32. The summed E-state index contributed by atoms with van der Waals surface area (Å²) in [6, 6.07) is 14.3. The zero-order valence-corrected chi connectivity index (χ0v) is 17.0. The van der Waals surface area contributed by atoms with Crippen LogP contribution in [0.5, 0.6) is 0 Å². The molecule has 0 aliphatic heterocycles. The zero-order chi connectivity index (χ0) is 20.1. The van der Waals surface area contributed by atoms with E-state index < -0.39 is 9.84 Å². The summed E-state index contributed by atoms with van der Waals surface area (Å²) in [7, 11) is -3.46. The maximum atomic E-state index is 12.6. The molecule has 0 fully saturated rings. The van der Waals surface area contributed by atoms with Crippen LogP contribution in [-0.2, 0) is 16.4 Å². The highest BCUT2D eigenvalue weighted by atomic mass is 32.2. The van der Waals surface area contributed by atoms with Crippen molar-refractivity contribution in [2.75, 3.05) is 12.3 Å². The van der Waals surface area contributed by atoms with Crippen molar-refractivity contribution in [2.24, 2.45) is 0 Å². The van der Waals surface area contributed by atoms with Crippen LogP contribution in [0, 0.1) is 6.92 Å². The average Bonchev–Trinajstić information content (AvgIpc) is 3.00. The Hall–Kier alpha value is -2.67. The van der Waals surface area contributed by atoms with Crippen LogP contribution < -0.4 is 5.32 Å². The lowest BCUT2D eigenvalue weighted by Crippen LogP contribution is -2.27. The zero-order valence-electron chi connectivity index (χ0n) is 16.2. The van der Waals surface area contributed by atoms with Gasteiger partial charge in [-0.1, -0.05) is 31.2 Å². The van der Waals surface area contributed by atoms with Crippen molar-refractivity contribution in [1.29, 1.82) is 0 Å². The van der Waals surface area contributed by atoms with E-state index in [2.05, 4.69) is 14.9 Å². The van der Waals surface area contributed by atoms with Gasteiger partial charge in [0, 0.05) is 13.1 Å². The summed E-state index contributed by atoms with van der Waals surface area (Å²) in [5.74, 6) is 0.607. The lowest BCUT2D eigenvalue weighted by Gasteiger charge is -2.11. The highest BCUT2D eigenvalue weighted by Gasteiger charge is 2.21. The first-order valence-corrected chi connectivity index (χ1v) is 11.1. The largest absolute Gasteiger partial charge is 0.352 e. The van der Waals surface area contributed by atoms with Crippen LogP contribution in [0.4, 0.5) is 0 Å². The minimum absolute atomic E-state index is 0.0320. The predicted octanol–water partition coefficient (Wildman–Crippen LogP) is 3.35. The van der Waals surface area contributed by atoms with E-state index in [1.54, 1.807) is 18.2 Å². The minimum atomic E-state index is -3.46. The number of hydrogen-bond donors (Lipinski definition) is 1. The molecule has 0 bridgehead atoms. The normalized spacial score (nSPS) is 11.6. The van der Waals surface area contributed by atoms with Gasteiger partial charge in [-0.2, -0.15) is 0 Å². The Bertz CT molecular complexity index is 1090. The number of fused-ring (bicyclic) bond motifs is 1. The number of aryl methyl sites for hydroxylation is 2. The molecule has 0 aliphatic rings. The summed E-state index contributed by atoms with van der Waals surface area (Å²) in [4.78, 5) is 17.2. The van der Waals surface area contributed by atoms with Crippen LogP contribution in [0.3, 0.4) is 0 Å². The molecule has 28 heavy (non-hydrogen) atoms. The molecule has 6 nitrogen and oxygen atoms in total. The fourth-order valence-corrected chi connectivity index (χ4v) is 4.86. The number of benzene rings is 2. The van der Waals surface area contributed by atoms with E-state index in [4.69, 9.17) is 0 Å². The van der Waals surface area contributed by atoms with Gasteiger partial charge in [0.25, 0.3) is 5.91 Å². The molecule has 0 saturated carbocycles. The van der Waals surface area contributed by atoms with Crippen LogP contribution >= 0.6 is 0 Å². The molecule has 0 saturated heterocycles. The van der Waals surface area contributed by atoms with Crippen LogP contribution in [0.25, 0.3) is 11.0 Å². The number of aromatic nitrogens is 2. The number of nitrogens with one attached hydrogen (secondary N) is 1. The van der Waals surface area contributed by atoms with Crippen molar-refractivity contribution in [1.82, 2.24) is 14.9 Å². The molecule has 148 valence electrons. The molecule has 7 heteroatoms. The summed E-state index contributed by atoms with van der Waals surface area (Å²) in [6.07, 6.45) is 1.23. The molecule has 0 atom stereocenters. The van der Waals surface area contributed by atoms with Crippen molar-refractivity contribution >= 4 is 26.8 Å². The van der Waals surface area contributed by atoms with Gasteiger partial charge in [-0.25, -0.2) is 13.4 Å². The van der Waals surface area contributed by atoms with Crippen molar-refractivity contribution in [2.45, 2.75) is 38.1 Å². The molecule has 3 rings (SSSR count). The van der Waals surface area contributed by atoms with E-state index in [0.29, 0.717) is 13.0 Å². The van der Waals surface area contributed by atoms with Gasteiger partial charge in [0.15, 0.2) is 9.84 Å². The lowest BCUT2D eigenvalue weighted by atomic mass is 10.2. The van der Waals surface area contributed by atoms with Gasteiger partial charge in [-0.05, 0) is 44.0 Å². The molecule has 1 amide bonds. The third kappa shape index (κ3) is 4.25. The van der Waals surface area contributed by atoms with E-state index in [0.717, 1.165) is 29.8 Å². The first-order chi connectivity index (χ1) is 13.4. The van der Waals surface area contributed by atoms with Crippen LogP contribution in [-0.4, -0.2) is 36.2 Å². The molecule has 0 radical (unpaired) electrons. The first kappa shape index (κ1) is 20.1. The van der Waals surface area contributed by atoms with Crippen molar-refractivity contribution in [3.8, 4) is 0 Å². The van der Waals surface area contributed by atoms with Crippen LogP contribution in [0.15, 0.2) is 53.4 Å². The predicted molar refractivity (Wildman–Crippen MR) is 110 cm³/mol. The van der Waals surface area contributed by atoms with Gasteiger partial charge < -0.3 is 9.88 Å². The Kier molecular flexibility index (Phi) is 6.14. The van der Waals surface area contributed by atoms with Crippen molar-refractivity contribution in [3.05, 3.63) is 59.9 Å². The second-order valence-electron chi connectivity index (χ2n) is 6.72. The third-order valence-electron chi connectivity index (χ3n) is 4.63. The summed E-state index contributed by atoms with van der Waals surface area (Å²) in [5.41, 5.74) is 2.24. The number of para-hydroxylation sites is 2. The molecule has 2 aromatic carbocycles. The van der Waals surface area contributed by atoms with E-state index in [-0.39, 0.29) is 22.1 Å². The number of sulfone groups is 1. The second kappa shape index (κ2) is 8.56. The van der Waals surface area contributed by atoms with Crippen molar-refractivity contribution < 1.29 is 13.2 Å². The first-order valence-electron chi connectivity index (χ1n) is 9.46. The summed E-state index contributed by atoms with van der Waals surface area (Å²) < 4.78 is 27.0. The maximum absolute atomic E-state index is 12.6. The van der Waals surface area contributed by atoms with Gasteiger partial charge in [0.2, 0.25) is 0 Å². The van der Waals surface area contributed by atoms with Gasteiger partial charge in [-0.3, -0.25) is 4.79 Å². The number of carbonyl (C=O) groups excluding carboxylic acids is 1. The Morgan fingerprint density at radius 1 is 1.11 bits per heavy atom. The fraction of sp³-hybridized carbons (Fsp3) is 0.333. The number of imidazole rings is 1. The summed E-state index contributed by atoms with van der Waals surface area (Å²) in [6.45, 7) is 4.95. The smallest absolute Gasteiger partial charge is 0.252 e. The number of hydrogen-bond acceptors (Lipinski definition) is 4. The number of carbonyl (C=O) groups is 1. The molecular formula is C21H25N3O3S. The molecule has 1 aromatic heterocycles. The molecular weight excluding hydrogens is 374 g/mol. The molecule has 1 heterocycles. The van der Waals surface area contributed by atoms with Crippen molar-refractivity contribution in [3.63, 3.8) is 0 Å². The molecule has 3 aromatic rings. The SMILES string of the molecule is CCCS(=O)(=O)c1ccccc1C(=O)NCCCn1c(C)nc2ccccc21. The Morgan fingerprint density at radius 3 is 2.61 bits per heavy atom.